The molecule has 0 aliphatic rings. The molecule has 1 aromatic heterocycles. The lowest BCUT2D eigenvalue weighted by Crippen LogP contribution is -1.94. The third-order valence-corrected chi connectivity index (χ3v) is 3.29. The molecule has 2 N–H and O–H groups in total. The molecule has 0 fully saturated rings. The van der Waals surface area contributed by atoms with Crippen LogP contribution in [0.2, 0.25) is 0 Å². The lowest BCUT2D eigenvalue weighted by atomic mass is 10.1. The molecule has 0 amide bonds. The van der Waals surface area contributed by atoms with E-state index >= 15 is 0 Å². The zero-order valence-electron chi connectivity index (χ0n) is 11.9. The molecule has 1 heterocycles. The summed E-state index contributed by atoms with van der Waals surface area (Å²) in [5.74, 6) is 1.78. The molecule has 22 heavy (non-hydrogen) atoms. The number of hydrogen-bond acceptors (Lipinski definition) is 5. The summed E-state index contributed by atoms with van der Waals surface area (Å²) < 4.78 is 11.1. The number of aromatic nitrogens is 1. The quantitative estimate of drug-likeness (QED) is 0.589. The highest BCUT2D eigenvalue weighted by Crippen LogP contribution is 2.33. The lowest BCUT2D eigenvalue weighted by molar-refractivity contribution is 0.112. The maximum Gasteiger partial charge on any atom is 0.153 e. The van der Waals surface area contributed by atoms with Gasteiger partial charge >= 0.3 is 0 Å². The fraction of sp³-hybridized carbons (Fsp3) is 0.0588. The second-order valence-corrected chi connectivity index (χ2v) is 4.71. The number of aldehydes is 1. The molecular formula is C17H14N2O3. The van der Waals surface area contributed by atoms with Crippen molar-refractivity contribution in [3.8, 4) is 17.2 Å². The highest BCUT2D eigenvalue weighted by Gasteiger charge is 2.10. The number of benzene rings is 2. The first kappa shape index (κ1) is 13.9. The number of fused-ring (bicyclic) bond motifs is 1. The molecule has 0 saturated carbocycles. The first-order chi connectivity index (χ1) is 10.7. The fourth-order valence-electron chi connectivity index (χ4n) is 2.18. The van der Waals surface area contributed by atoms with E-state index in [0.29, 0.717) is 34.0 Å². The highest BCUT2D eigenvalue weighted by atomic mass is 16.5. The first-order valence-corrected chi connectivity index (χ1v) is 6.66. The predicted molar refractivity (Wildman–Crippen MR) is 84.6 cm³/mol. The molecule has 0 unspecified atom stereocenters. The van der Waals surface area contributed by atoms with Crippen LogP contribution in [0, 0.1) is 0 Å². The topological polar surface area (TPSA) is 74.4 Å². The van der Waals surface area contributed by atoms with Gasteiger partial charge < -0.3 is 15.2 Å². The standard InChI is InChI=1S/C17H14N2O3/c1-21-17-9-14-15(8-11(17)10-20)19-7-6-16(14)22-13-4-2-12(18)3-5-13/h2-10H,18H2,1H3. The number of hydrogen-bond donors (Lipinski definition) is 1. The minimum absolute atomic E-state index is 0.451. The Balaban J connectivity index is 2.09. The van der Waals surface area contributed by atoms with Gasteiger partial charge in [0.05, 0.1) is 18.2 Å². The van der Waals surface area contributed by atoms with E-state index in [1.165, 1.54) is 7.11 Å². The molecule has 0 radical (unpaired) electrons. The van der Waals surface area contributed by atoms with Crippen LogP contribution in [0.4, 0.5) is 5.69 Å². The van der Waals surface area contributed by atoms with Crippen molar-refractivity contribution in [3.63, 3.8) is 0 Å². The van der Waals surface area contributed by atoms with Crippen LogP contribution in [0.1, 0.15) is 10.4 Å². The summed E-state index contributed by atoms with van der Waals surface area (Å²) in [4.78, 5) is 15.4. The molecular weight excluding hydrogens is 280 g/mol. The molecule has 0 bridgehead atoms. The molecule has 0 aliphatic carbocycles. The van der Waals surface area contributed by atoms with Gasteiger partial charge in [-0.3, -0.25) is 9.78 Å². The number of nitrogens with zero attached hydrogens (tertiary/aromatic N) is 1. The number of nitrogens with two attached hydrogens (primary N) is 1. The van der Waals surface area contributed by atoms with Gasteiger partial charge in [0.2, 0.25) is 0 Å². The summed E-state index contributed by atoms with van der Waals surface area (Å²) in [5, 5.41) is 0.766. The fourth-order valence-corrected chi connectivity index (χ4v) is 2.18. The Morgan fingerprint density at radius 1 is 1.09 bits per heavy atom. The maximum absolute atomic E-state index is 11.1. The van der Waals surface area contributed by atoms with Gasteiger partial charge in [0, 0.05) is 17.3 Å². The second-order valence-electron chi connectivity index (χ2n) is 4.71. The van der Waals surface area contributed by atoms with Crippen molar-refractivity contribution >= 4 is 22.9 Å². The minimum atomic E-state index is 0.451. The number of ether oxygens (including phenoxy) is 2. The van der Waals surface area contributed by atoms with Gasteiger partial charge in [-0.15, -0.1) is 0 Å². The van der Waals surface area contributed by atoms with Crippen LogP contribution in [0.5, 0.6) is 17.2 Å². The Kier molecular flexibility index (Phi) is 3.62. The molecule has 5 nitrogen and oxygen atoms in total. The Bertz CT molecular complexity index is 829. The van der Waals surface area contributed by atoms with E-state index in [2.05, 4.69) is 4.98 Å². The second kappa shape index (κ2) is 5.73. The number of methoxy groups -OCH3 is 1. The molecule has 3 aromatic rings. The van der Waals surface area contributed by atoms with Crippen LogP contribution in [-0.4, -0.2) is 18.4 Å². The van der Waals surface area contributed by atoms with Crippen LogP contribution in [0.3, 0.4) is 0 Å². The molecule has 0 saturated heterocycles. The molecule has 0 atom stereocenters. The summed E-state index contributed by atoms with van der Waals surface area (Å²) in [5.41, 5.74) is 7.45. The van der Waals surface area contributed by atoms with E-state index < -0.39 is 0 Å². The largest absolute Gasteiger partial charge is 0.496 e. The van der Waals surface area contributed by atoms with Crippen molar-refractivity contribution in [2.24, 2.45) is 0 Å². The van der Waals surface area contributed by atoms with Gasteiger partial charge in [-0.2, -0.15) is 0 Å². The molecule has 2 aromatic carbocycles. The molecule has 110 valence electrons. The van der Waals surface area contributed by atoms with Gasteiger partial charge in [0.25, 0.3) is 0 Å². The summed E-state index contributed by atoms with van der Waals surface area (Å²) in [6.07, 6.45) is 2.38. The number of rotatable bonds is 4. The van der Waals surface area contributed by atoms with Crippen LogP contribution < -0.4 is 15.2 Å². The zero-order chi connectivity index (χ0) is 15.5. The number of nitrogen functional groups attached to an aromatic ring is 1. The van der Waals surface area contributed by atoms with E-state index in [-0.39, 0.29) is 0 Å². The third-order valence-electron chi connectivity index (χ3n) is 3.29. The number of carbonyl (C=O) groups excluding carboxylic acids is 1. The third kappa shape index (κ3) is 2.56. The normalized spacial score (nSPS) is 10.4. The van der Waals surface area contributed by atoms with Gasteiger partial charge in [0.1, 0.15) is 17.2 Å². The Labute approximate surface area is 127 Å². The monoisotopic (exact) mass is 294 g/mol. The number of pyridine rings is 1. The van der Waals surface area contributed by atoms with Gasteiger partial charge in [-0.05, 0) is 42.5 Å². The van der Waals surface area contributed by atoms with Crippen molar-refractivity contribution < 1.29 is 14.3 Å². The predicted octanol–water partition coefficient (Wildman–Crippen LogP) is 3.43. The van der Waals surface area contributed by atoms with E-state index in [9.17, 15) is 4.79 Å². The number of anilines is 1. The van der Waals surface area contributed by atoms with Gasteiger partial charge in [-0.25, -0.2) is 0 Å². The Morgan fingerprint density at radius 2 is 1.86 bits per heavy atom. The average molecular weight is 294 g/mol. The van der Waals surface area contributed by atoms with Crippen molar-refractivity contribution in [1.82, 2.24) is 4.98 Å². The molecule has 5 heteroatoms. The van der Waals surface area contributed by atoms with Crippen LogP contribution in [0.15, 0.2) is 48.7 Å². The SMILES string of the molecule is COc1cc2c(Oc3ccc(N)cc3)ccnc2cc1C=O. The highest BCUT2D eigenvalue weighted by molar-refractivity contribution is 5.93. The van der Waals surface area contributed by atoms with Crippen molar-refractivity contribution in [1.29, 1.82) is 0 Å². The molecule has 0 spiro atoms. The van der Waals surface area contributed by atoms with Crippen molar-refractivity contribution in [2.75, 3.05) is 12.8 Å². The van der Waals surface area contributed by atoms with Crippen LogP contribution in [0.25, 0.3) is 10.9 Å². The first-order valence-electron chi connectivity index (χ1n) is 6.66. The van der Waals surface area contributed by atoms with E-state index in [1.54, 1.807) is 48.7 Å². The maximum atomic E-state index is 11.1. The molecule has 0 aliphatic heterocycles. The van der Waals surface area contributed by atoms with Gasteiger partial charge in [0.15, 0.2) is 6.29 Å². The Morgan fingerprint density at radius 3 is 2.55 bits per heavy atom. The minimum Gasteiger partial charge on any atom is -0.496 e. The molecule has 3 rings (SSSR count). The van der Waals surface area contributed by atoms with Crippen molar-refractivity contribution in [3.05, 3.63) is 54.2 Å². The summed E-state index contributed by atoms with van der Waals surface area (Å²) in [6, 6.07) is 12.3. The van der Waals surface area contributed by atoms with Gasteiger partial charge in [-0.1, -0.05) is 0 Å². The van der Waals surface area contributed by atoms with Crippen molar-refractivity contribution in [2.45, 2.75) is 0 Å². The smallest absolute Gasteiger partial charge is 0.153 e. The summed E-state index contributed by atoms with van der Waals surface area (Å²) in [7, 11) is 1.52. The summed E-state index contributed by atoms with van der Waals surface area (Å²) in [6.45, 7) is 0. The van der Waals surface area contributed by atoms with Crippen LogP contribution >= 0.6 is 0 Å². The van der Waals surface area contributed by atoms with E-state index in [0.717, 1.165) is 11.7 Å². The Hall–Kier alpha value is -3.08. The van der Waals surface area contributed by atoms with E-state index in [1.807, 2.05) is 0 Å². The zero-order valence-corrected chi connectivity index (χ0v) is 11.9. The average Bonchev–Trinajstić information content (AvgIpc) is 2.56. The summed E-state index contributed by atoms with van der Waals surface area (Å²) >= 11 is 0. The number of carbonyl (C=O) groups is 1. The van der Waals surface area contributed by atoms with Crippen LogP contribution in [-0.2, 0) is 0 Å². The lowest BCUT2D eigenvalue weighted by Gasteiger charge is -2.11. The van der Waals surface area contributed by atoms with E-state index in [4.69, 9.17) is 15.2 Å².